The van der Waals surface area contributed by atoms with Gasteiger partial charge in [-0.05, 0) is 31.5 Å². The van der Waals surface area contributed by atoms with E-state index >= 15 is 0 Å². The summed E-state index contributed by atoms with van der Waals surface area (Å²) in [6.45, 7) is 5.20. The molecule has 25 heavy (non-hydrogen) atoms. The van der Waals surface area contributed by atoms with Crippen molar-refractivity contribution in [3.63, 3.8) is 0 Å². The Balaban J connectivity index is 2.07. The fourth-order valence-electron chi connectivity index (χ4n) is 2.70. The Kier molecular flexibility index (Phi) is 6.65. The predicted molar refractivity (Wildman–Crippen MR) is 98.5 cm³/mol. The topological polar surface area (TPSA) is 75.5 Å². The summed E-state index contributed by atoms with van der Waals surface area (Å²) in [6, 6.07) is 14.2. The molecule has 0 atom stereocenters. The molecule has 0 bridgehead atoms. The lowest BCUT2D eigenvalue weighted by Crippen LogP contribution is -2.33. The fourth-order valence-corrected chi connectivity index (χ4v) is 2.70. The molecule has 6 nitrogen and oxygen atoms in total. The normalized spacial score (nSPS) is 10.7. The van der Waals surface area contributed by atoms with Gasteiger partial charge in [0.2, 0.25) is 5.91 Å². The quantitative estimate of drug-likeness (QED) is 0.586. The lowest BCUT2D eigenvalue weighted by Gasteiger charge is -2.21. The molecule has 2 aromatic rings. The maximum atomic E-state index is 12.4. The number of anilines is 1. The first-order valence-electron chi connectivity index (χ1n) is 8.31. The summed E-state index contributed by atoms with van der Waals surface area (Å²) in [7, 11) is 0. The van der Waals surface area contributed by atoms with Crippen molar-refractivity contribution in [2.45, 2.75) is 26.8 Å². The standard InChI is InChI=1S/C19H23N3O3/c1-3-12-21(13-16-9-5-7-11-18(16)22(24)25)14-19(23)20-17-10-6-4-8-15(17)2/h4-11H,3,12-14H2,1-2H3,(H,20,23). The van der Waals surface area contributed by atoms with E-state index in [2.05, 4.69) is 5.32 Å². The van der Waals surface area contributed by atoms with E-state index in [0.29, 0.717) is 18.7 Å². The zero-order valence-corrected chi connectivity index (χ0v) is 14.6. The molecule has 0 saturated heterocycles. The molecule has 0 fully saturated rings. The van der Waals surface area contributed by atoms with Gasteiger partial charge in [-0.1, -0.05) is 43.3 Å². The minimum Gasteiger partial charge on any atom is -0.325 e. The van der Waals surface area contributed by atoms with Crippen molar-refractivity contribution in [2.24, 2.45) is 0 Å². The van der Waals surface area contributed by atoms with E-state index in [9.17, 15) is 14.9 Å². The molecule has 1 N–H and O–H groups in total. The molecule has 0 radical (unpaired) electrons. The van der Waals surface area contributed by atoms with Crippen LogP contribution >= 0.6 is 0 Å². The third-order valence-corrected chi connectivity index (χ3v) is 3.91. The van der Waals surface area contributed by atoms with Crippen molar-refractivity contribution >= 4 is 17.3 Å². The van der Waals surface area contributed by atoms with E-state index in [-0.39, 0.29) is 23.1 Å². The van der Waals surface area contributed by atoms with Crippen molar-refractivity contribution in [2.75, 3.05) is 18.4 Å². The summed E-state index contributed by atoms with van der Waals surface area (Å²) in [4.78, 5) is 25.1. The number of carbonyl (C=O) groups excluding carboxylic acids is 1. The molecule has 0 aromatic heterocycles. The zero-order valence-electron chi connectivity index (χ0n) is 14.6. The molecule has 6 heteroatoms. The number of amides is 1. The molecule has 0 saturated carbocycles. The Morgan fingerprint density at radius 2 is 1.84 bits per heavy atom. The highest BCUT2D eigenvalue weighted by atomic mass is 16.6. The maximum Gasteiger partial charge on any atom is 0.273 e. The molecule has 2 rings (SSSR count). The average molecular weight is 341 g/mol. The van der Waals surface area contributed by atoms with Gasteiger partial charge in [-0.2, -0.15) is 0 Å². The van der Waals surface area contributed by atoms with Gasteiger partial charge in [0, 0.05) is 23.9 Å². The van der Waals surface area contributed by atoms with Gasteiger partial charge in [0.05, 0.1) is 11.5 Å². The Bertz CT molecular complexity index is 746. The Morgan fingerprint density at radius 3 is 2.52 bits per heavy atom. The van der Waals surface area contributed by atoms with Crippen LogP contribution in [0.5, 0.6) is 0 Å². The number of aryl methyl sites for hydroxylation is 1. The van der Waals surface area contributed by atoms with Crippen molar-refractivity contribution in [3.8, 4) is 0 Å². The first kappa shape index (κ1) is 18.6. The van der Waals surface area contributed by atoms with Gasteiger partial charge in [0.1, 0.15) is 0 Å². The summed E-state index contributed by atoms with van der Waals surface area (Å²) in [5.41, 5.74) is 2.48. The fraction of sp³-hybridized carbons (Fsp3) is 0.316. The molecule has 132 valence electrons. The van der Waals surface area contributed by atoms with Crippen LogP contribution in [-0.2, 0) is 11.3 Å². The Morgan fingerprint density at radius 1 is 1.16 bits per heavy atom. The first-order valence-corrected chi connectivity index (χ1v) is 8.31. The van der Waals surface area contributed by atoms with Crippen LogP contribution in [-0.4, -0.2) is 28.8 Å². The predicted octanol–water partition coefficient (Wildman–Crippen LogP) is 3.75. The van der Waals surface area contributed by atoms with E-state index < -0.39 is 0 Å². The lowest BCUT2D eigenvalue weighted by molar-refractivity contribution is -0.385. The van der Waals surface area contributed by atoms with Crippen LogP contribution in [0.1, 0.15) is 24.5 Å². The molecule has 0 aliphatic heterocycles. The molecular formula is C19H23N3O3. The van der Waals surface area contributed by atoms with Crippen molar-refractivity contribution in [1.82, 2.24) is 4.90 Å². The van der Waals surface area contributed by atoms with Gasteiger partial charge in [0.15, 0.2) is 0 Å². The van der Waals surface area contributed by atoms with E-state index in [4.69, 9.17) is 0 Å². The molecule has 1 amide bonds. The van der Waals surface area contributed by atoms with Gasteiger partial charge >= 0.3 is 0 Å². The summed E-state index contributed by atoms with van der Waals surface area (Å²) in [5, 5.41) is 14.1. The molecule has 0 aliphatic rings. The second kappa shape index (κ2) is 8.94. The van der Waals surface area contributed by atoms with Crippen LogP contribution < -0.4 is 5.32 Å². The monoisotopic (exact) mass is 341 g/mol. The summed E-state index contributed by atoms with van der Waals surface area (Å²) in [5.74, 6) is -0.124. The number of carbonyl (C=O) groups is 1. The lowest BCUT2D eigenvalue weighted by atomic mass is 10.1. The largest absolute Gasteiger partial charge is 0.325 e. The average Bonchev–Trinajstić information content (AvgIpc) is 2.57. The summed E-state index contributed by atoms with van der Waals surface area (Å²) < 4.78 is 0. The third-order valence-electron chi connectivity index (χ3n) is 3.91. The van der Waals surface area contributed by atoms with Crippen molar-refractivity contribution < 1.29 is 9.72 Å². The number of rotatable bonds is 8. The molecule has 0 spiro atoms. The van der Waals surface area contributed by atoms with Gasteiger partial charge in [-0.15, -0.1) is 0 Å². The number of hydrogen-bond acceptors (Lipinski definition) is 4. The number of hydrogen-bond donors (Lipinski definition) is 1. The summed E-state index contributed by atoms with van der Waals surface area (Å²) >= 11 is 0. The number of nitrogens with one attached hydrogen (secondary N) is 1. The zero-order chi connectivity index (χ0) is 18.2. The number of nitro benzene ring substituents is 1. The molecule has 2 aromatic carbocycles. The number of para-hydroxylation sites is 2. The van der Waals surface area contributed by atoms with Crippen LogP contribution in [0.4, 0.5) is 11.4 Å². The minimum atomic E-state index is -0.382. The second-order valence-electron chi connectivity index (χ2n) is 5.96. The Hall–Kier alpha value is -2.73. The molecule has 0 heterocycles. The highest BCUT2D eigenvalue weighted by molar-refractivity contribution is 5.92. The van der Waals surface area contributed by atoms with Crippen LogP contribution in [0.3, 0.4) is 0 Å². The van der Waals surface area contributed by atoms with Gasteiger partial charge in [-0.25, -0.2) is 0 Å². The number of nitrogens with zero attached hydrogens (tertiary/aromatic N) is 2. The summed E-state index contributed by atoms with van der Waals surface area (Å²) in [6.07, 6.45) is 0.859. The molecule has 0 unspecified atom stereocenters. The molecular weight excluding hydrogens is 318 g/mol. The maximum absolute atomic E-state index is 12.4. The smallest absolute Gasteiger partial charge is 0.273 e. The van der Waals surface area contributed by atoms with Crippen molar-refractivity contribution in [1.29, 1.82) is 0 Å². The van der Waals surface area contributed by atoms with Crippen molar-refractivity contribution in [3.05, 3.63) is 69.8 Å². The molecule has 0 aliphatic carbocycles. The van der Waals surface area contributed by atoms with Crippen LogP contribution in [0.15, 0.2) is 48.5 Å². The number of benzene rings is 2. The minimum absolute atomic E-state index is 0.0860. The highest BCUT2D eigenvalue weighted by Crippen LogP contribution is 2.20. The SMILES string of the molecule is CCCN(CC(=O)Nc1ccccc1C)Cc1ccccc1[N+](=O)[O-]. The second-order valence-corrected chi connectivity index (χ2v) is 5.96. The van der Waals surface area contributed by atoms with Crippen LogP contribution in [0, 0.1) is 17.0 Å². The van der Waals surface area contributed by atoms with Gasteiger partial charge < -0.3 is 5.32 Å². The van der Waals surface area contributed by atoms with Gasteiger partial charge in [-0.3, -0.25) is 19.8 Å². The van der Waals surface area contributed by atoms with Gasteiger partial charge in [0.25, 0.3) is 5.69 Å². The van der Waals surface area contributed by atoms with E-state index in [1.807, 2.05) is 43.0 Å². The van der Waals surface area contributed by atoms with E-state index in [1.165, 1.54) is 6.07 Å². The van der Waals surface area contributed by atoms with Crippen LogP contribution in [0.2, 0.25) is 0 Å². The highest BCUT2D eigenvalue weighted by Gasteiger charge is 2.17. The van der Waals surface area contributed by atoms with Crippen LogP contribution in [0.25, 0.3) is 0 Å². The third kappa shape index (κ3) is 5.39. The first-order chi connectivity index (χ1) is 12.0. The Labute approximate surface area is 147 Å². The number of nitro groups is 1. The van der Waals surface area contributed by atoms with E-state index in [1.54, 1.807) is 18.2 Å². The van der Waals surface area contributed by atoms with E-state index in [0.717, 1.165) is 17.7 Å².